The SMILES string of the molecule is CCCCCNC(=O)c1ccc(Cn2c(=O)c3cc(OC)c(OC)cc3n(Cc3cccc(C)c3)c2=O)cc1. The number of amides is 1. The number of ether oxygens (including phenoxy) is 2. The van der Waals surface area contributed by atoms with Gasteiger partial charge in [-0.1, -0.05) is 61.7 Å². The van der Waals surface area contributed by atoms with Crippen molar-refractivity contribution in [3.05, 3.63) is 104 Å². The molecule has 0 fully saturated rings. The molecule has 1 aromatic heterocycles. The molecule has 0 aliphatic rings. The molecule has 4 aromatic rings. The summed E-state index contributed by atoms with van der Waals surface area (Å²) in [7, 11) is 3.02. The lowest BCUT2D eigenvalue weighted by Crippen LogP contribution is -2.40. The molecule has 4 rings (SSSR count). The smallest absolute Gasteiger partial charge is 0.332 e. The maximum atomic E-state index is 13.8. The average Bonchev–Trinajstić information content (AvgIpc) is 2.95. The van der Waals surface area contributed by atoms with Gasteiger partial charge in [-0.25, -0.2) is 4.79 Å². The fraction of sp³-hybridized carbons (Fsp3) is 0.323. The number of methoxy groups -OCH3 is 2. The zero-order valence-corrected chi connectivity index (χ0v) is 23.0. The third-order valence-corrected chi connectivity index (χ3v) is 6.78. The zero-order valence-electron chi connectivity index (χ0n) is 23.0. The second-order valence-electron chi connectivity index (χ2n) is 9.63. The number of nitrogens with one attached hydrogen (secondary N) is 1. The Morgan fingerprint density at radius 2 is 1.54 bits per heavy atom. The highest BCUT2D eigenvalue weighted by Crippen LogP contribution is 2.30. The van der Waals surface area contributed by atoms with Crippen LogP contribution < -0.4 is 26.0 Å². The number of carbonyl (C=O) groups excluding carboxylic acids is 1. The minimum atomic E-state index is -0.432. The largest absolute Gasteiger partial charge is 0.493 e. The number of aryl methyl sites for hydroxylation is 1. The molecule has 0 atom stereocenters. The van der Waals surface area contributed by atoms with Gasteiger partial charge >= 0.3 is 5.69 Å². The van der Waals surface area contributed by atoms with E-state index in [1.807, 2.05) is 31.2 Å². The molecular weight excluding hydrogens is 494 g/mol. The van der Waals surface area contributed by atoms with Crippen molar-refractivity contribution < 1.29 is 14.3 Å². The Morgan fingerprint density at radius 3 is 2.21 bits per heavy atom. The Morgan fingerprint density at radius 1 is 0.846 bits per heavy atom. The molecular formula is C31H35N3O5. The number of aromatic nitrogens is 2. The first kappa shape index (κ1) is 27.7. The first-order valence-corrected chi connectivity index (χ1v) is 13.2. The summed E-state index contributed by atoms with van der Waals surface area (Å²) in [6.07, 6.45) is 3.10. The maximum Gasteiger partial charge on any atom is 0.332 e. The number of unbranched alkanes of at least 4 members (excludes halogenated alkanes) is 2. The first-order valence-electron chi connectivity index (χ1n) is 13.2. The Kier molecular flexibility index (Phi) is 8.86. The van der Waals surface area contributed by atoms with Gasteiger partial charge in [-0.15, -0.1) is 0 Å². The van der Waals surface area contributed by atoms with E-state index in [1.165, 1.54) is 18.8 Å². The molecule has 8 heteroatoms. The Bertz CT molecular complexity index is 1590. The monoisotopic (exact) mass is 529 g/mol. The molecule has 0 bridgehead atoms. The summed E-state index contributed by atoms with van der Waals surface area (Å²) in [5, 5.41) is 3.28. The molecule has 0 radical (unpaired) electrons. The predicted molar refractivity (Wildman–Crippen MR) is 153 cm³/mol. The van der Waals surface area contributed by atoms with Crippen molar-refractivity contribution in [3.8, 4) is 11.5 Å². The summed E-state index contributed by atoms with van der Waals surface area (Å²) in [5.41, 5.74) is 2.90. The number of fused-ring (bicyclic) bond motifs is 1. The van der Waals surface area contributed by atoms with Crippen LogP contribution in [-0.4, -0.2) is 35.8 Å². The van der Waals surface area contributed by atoms with Crippen molar-refractivity contribution in [1.29, 1.82) is 0 Å². The van der Waals surface area contributed by atoms with E-state index in [0.717, 1.165) is 36.0 Å². The van der Waals surface area contributed by atoms with Crippen LogP contribution in [-0.2, 0) is 13.1 Å². The molecule has 0 aliphatic carbocycles. The predicted octanol–water partition coefficient (Wildman–Crippen LogP) is 4.51. The first-order chi connectivity index (χ1) is 18.9. The maximum absolute atomic E-state index is 13.8. The summed E-state index contributed by atoms with van der Waals surface area (Å²) in [6, 6.07) is 18.2. The van der Waals surface area contributed by atoms with Crippen LogP contribution in [0.2, 0.25) is 0 Å². The molecule has 3 aromatic carbocycles. The van der Waals surface area contributed by atoms with Crippen molar-refractivity contribution in [2.75, 3.05) is 20.8 Å². The highest BCUT2D eigenvalue weighted by molar-refractivity contribution is 5.94. The summed E-state index contributed by atoms with van der Waals surface area (Å²) >= 11 is 0. The molecule has 0 saturated carbocycles. The van der Waals surface area contributed by atoms with Gasteiger partial charge in [0.05, 0.1) is 38.2 Å². The molecule has 204 valence electrons. The van der Waals surface area contributed by atoms with Gasteiger partial charge in [0.1, 0.15) is 0 Å². The lowest BCUT2D eigenvalue weighted by molar-refractivity contribution is 0.0953. The van der Waals surface area contributed by atoms with E-state index in [0.29, 0.717) is 34.5 Å². The van der Waals surface area contributed by atoms with Gasteiger partial charge in [-0.3, -0.25) is 18.7 Å². The van der Waals surface area contributed by atoms with Crippen LogP contribution in [0.3, 0.4) is 0 Å². The highest BCUT2D eigenvalue weighted by atomic mass is 16.5. The molecule has 0 spiro atoms. The van der Waals surface area contributed by atoms with E-state index in [1.54, 1.807) is 41.0 Å². The normalized spacial score (nSPS) is 11.0. The van der Waals surface area contributed by atoms with E-state index in [9.17, 15) is 14.4 Å². The van der Waals surface area contributed by atoms with Crippen LogP contribution >= 0.6 is 0 Å². The fourth-order valence-corrected chi connectivity index (χ4v) is 4.65. The second kappa shape index (κ2) is 12.5. The lowest BCUT2D eigenvalue weighted by atomic mass is 10.1. The van der Waals surface area contributed by atoms with Crippen LogP contribution in [0.1, 0.15) is 53.2 Å². The van der Waals surface area contributed by atoms with Crippen LogP contribution in [0.15, 0.2) is 70.3 Å². The van der Waals surface area contributed by atoms with E-state index in [-0.39, 0.29) is 19.0 Å². The van der Waals surface area contributed by atoms with Crippen molar-refractivity contribution in [2.45, 2.75) is 46.2 Å². The van der Waals surface area contributed by atoms with Gasteiger partial charge in [-0.05, 0) is 42.7 Å². The van der Waals surface area contributed by atoms with E-state index < -0.39 is 11.2 Å². The quantitative estimate of drug-likeness (QED) is 0.289. The lowest BCUT2D eigenvalue weighted by Gasteiger charge is -2.17. The van der Waals surface area contributed by atoms with Crippen molar-refractivity contribution in [3.63, 3.8) is 0 Å². The number of carbonyl (C=O) groups is 1. The summed E-state index contributed by atoms with van der Waals surface area (Å²) in [6.45, 7) is 5.09. The third kappa shape index (κ3) is 6.22. The third-order valence-electron chi connectivity index (χ3n) is 6.78. The van der Waals surface area contributed by atoms with Crippen LogP contribution in [0.4, 0.5) is 0 Å². The zero-order chi connectivity index (χ0) is 27.9. The van der Waals surface area contributed by atoms with Gasteiger partial charge < -0.3 is 14.8 Å². The molecule has 1 heterocycles. The fourth-order valence-electron chi connectivity index (χ4n) is 4.65. The second-order valence-corrected chi connectivity index (χ2v) is 9.63. The van der Waals surface area contributed by atoms with E-state index in [2.05, 4.69) is 12.2 Å². The minimum absolute atomic E-state index is 0.0637. The number of benzene rings is 3. The Balaban J connectivity index is 1.74. The van der Waals surface area contributed by atoms with E-state index in [4.69, 9.17) is 9.47 Å². The van der Waals surface area contributed by atoms with Gasteiger partial charge in [-0.2, -0.15) is 0 Å². The van der Waals surface area contributed by atoms with Crippen molar-refractivity contribution in [2.24, 2.45) is 0 Å². The molecule has 39 heavy (non-hydrogen) atoms. The molecule has 0 aliphatic heterocycles. The molecule has 0 unspecified atom stereocenters. The molecule has 1 amide bonds. The van der Waals surface area contributed by atoms with Crippen LogP contribution in [0.5, 0.6) is 11.5 Å². The highest BCUT2D eigenvalue weighted by Gasteiger charge is 2.18. The van der Waals surface area contributed by atoms with Crippen LogP contribution in [0, 0.1) is 6.92 Å². The molecule has 1 N–H and O–H groups in total. The summed E-state index contributed by atoms with van der Waals surface area (Å²) in [4.78, 5) is 39.8. The van der Waals surface area contributed by atoms with Gasteiger partial charge in [0.2, 0.25) is 0 Å². The summed E-state index contributed by atoms with van der Waals surface area (Å²) < 4.78 is 13.7. The minimum Gasteiger partial charge on any atom is -0.493 e. The van der Waals surface area contributed by atoms with Gasteiger partial charge in [0.25, 0.3) is 11.5 Å². The molecule has 8 nitrogen and oxygen atoms in total. The number of hydrogen-bond donors (Lipinski definition) is 1. The number of hydrogen-bond acceptors (Lipinski definition) is 5. The van der Waals surface area contributed by atoms with Crippen LogP contribution in [0.25, 0.3) is 10.9 Å². The average molecular weight is 530 g/mol. The molecule has 0 saturated heterocycles. The number of rotatable bonds is 11. The van der Waals surface area contributed by atoms with Gasteiger partial charge in [0, 0.05) is 18.2 Å². The Hall–Kier alpha value is -4.33. The summed E-state index contributed by atoms with van der Waals surface area (Å²) in [5.74, 6) is 0.703. The van der Waals surface area contributed by atoms with E-state index >= 15 is 0 Å². The van der Waals surface area contributed by atoms with Gasteiger partial charge in [0.15, 0.2) is 11.5 Å². The van der Waals surface area contributed by atoms with Crippen molar-refractivity contribution in [1.82, 2.24) is 14.5 Å². The Labute approximate surface area is 227 Å². The number of nitrogens with zero attached hydrogens (tertiary/aromatic N) is 2. The van der Waals surface area contributed by atoms with Crippen molar-refractivity contribution >= 4 is 16.8 Å². The standard InChI is InChI=1S/C31H35N3O5/c1-5-6-7-15-32-29(35)24-13-11-22(12-14-24)19-34-30(36)25-17-27(38-3)28(39-4)18-26(25)33(31(34)37)20-23-10-8-9-21(2)16-23/h8-14,16-18H,5-7,15,19-20H2,1-4H3,(H,32,35). The topological polar surface area (TPSA) is 91.6 Å².